The molecule has 2 aliphatic rings. The molecule has 1 N–H and O–H groups in total. The van der Waals surface area contributed by atoms with Crippen LogP contribution in [0.5, 0.6) is 28.7 Å². The van der Waals surface area contributed by atoms with Gasteiger partial charge in [0.2, 0.25) is 12.5 Å². The van der Waals surface area contributed by atoms with E-state index < -0.39 is 6.17 Å². The molecule has 8 heteroatoms. The van der Waals surface area contributed by atoms with Gasteiger partial charge in [-0.2, -0.15) is 0 Å². The Balaban J connectivity index is 1.67. The highest BCUT2D eigenvalue weighted by molar-refractivity contribution is 6.12. The van der Waals surface area contributed by atoms with E-state index in [-0.39, 0.29) is 12.7 Å². The van der Waals surface area contributed by atoms with Crippen LogP contribution < -0.4 is 33.9 Å². The molecular formula is C24H22N2O6. The van der Waals surface area contributed by atoms with Crippen molar-refractivity contribution in [3.8, 4) is 28.7 Å². The number of carbonyl (C=O) groups is 1. The van der Waals surface area contributed by atoms with Crippen molar-refractivity contribution in [2.24, 2.45) is 0 Å². The number of nitrogens with one attached hydrogen (secondary N) is 1. The van der Waals surface area contributed by atoms with Crippen molar-refractivity contribution in [2.75, 3.05) is 38.3 Å². The van der Waals surface area contributed by atoms with Crippen LogP contribution in [0.25, 0.3) is 0 Å². The van der Waals surface area contributed by atoms with E-state index in [1.54, 1.807) is 44.4 Å². The van der Waals surface area contributed by atoms with Crippen molar-refractivity contribution < 1.29 is 28.5 Å². The van der Waals surface area contributed by atoms with Crippen molar-refractivity contribution >= 4 is 17.3 Å². The van der Waals surface area contributed by atoms with Gasteiger partial charge >= 0.3 is 0 Å². The van der Waals surface area contributed by atoms with Crippen LogP contribution in [0.4, 0.5) is 11.4 Å². The quantitative estimate of drug-likeness (QED) is 0.644. The van der Waals surface area contributed by atoms with Crippen LogP contribution in [0, 0.1) is 0 Å². The van der Waals surface area contributed by atoms with E-state index >= 15 is 0 Å². The number of carbonyl (C=O) groups excluding carboxylic acids is 1. The number of benzene rings is 3. The first-order valence-electron chi connectivity index (χ1n) is 10.0. The molecule has 0 bridgehead atoms. The second-order valence-corrected chi connectivity index (χ2v) is 7.26. The van der Waals surface area contributed by atoms with Crippen LogP contribution in [-0.4, -0.2) is 34.0 Å². The van der Waals surface area contributed by atoms with Crippen LogP contribution in [0.3, 0.4) is 0 Å². The number of hydrogen-bond acceptors (Lipinski definition) is 7. The third-order valence-corrected chi connectivity index (χ3v) is 5.56. The standard InChI is InChI=1S/C24H22N2O6/c1-28-20-10-14(11-21(29-2)22(20)30-3)23-25-17-7-5-4-6-16(17)24(27)26(23)15-8-9-18-19(12-15)32-13-31-18/h4-12,23,25H,13H2,1-3H3/t23-/m0/s1. The molecule has 2 heterocycles. The van der Waals surface area contributed by atoms with Crippen LogP contribution in [0.1, 0.15) is 22.1 Å². The molecule has 0 saturated heterocycles. The normalized spacial score (nSPS) is 16.3. The van der Waals surface area contributed by atoms with Gasteiger partial charge in [0.1, 0.15) is 6.17 Å². The molecule has 1 amide bonds. The molecule has 3 aromatic rings. The molecule has 0 aliphatic carbocycles. The smallest absolute Gasteiger partial charge is 0.262 e. The molecule has 5 rings (SSSR count). The predicted molar refractivity (Wildman–Crippen MR) is 118 cm³/mol. The summed E-state index contributed by atoms with van der Waals surface area (Å²) in [6.45, 7) is 0.157. The Morgan fingerprint density at radius 3 is 2.34 bits per heavy atom. The lowest BCUT2D eigenvalue weighted by molar-refractivity contribution is 0.0974. The Kier molecular flexibility index (Phi) is 4.89. The van der Waals surface area contributed by atoms with Gasteiger partial charge < -0.3 is 29.0 Å². The fraction of sp³-hybridized carbons (Fsp3) is 0.208. The molecule has 32 heavy (non-hydrogen) atoms. The Labute approximate surface area is 185 Å². The van der Waals surface area contributed by atoms with Gasteiger partial charge in [0.25, 0.3) is 5.91 Å². The maximum atomic E-state index is 13.7. The molecule has 1 atom stereocenters. The zero-order chi connectivity index (χ0) is 22.2. The largest absolute Gasteiger partial charge is 0.493 e. The number of anilines is 2. The highest BCUT2D eigenvalue weighted by Gasteiger charge is 2.36. The molecule has 164 valence electrons. The molecular weight excluding hydrogens is 412 g/mol. The van der Waals surface area contributed by atoms with Crippen LogP contribution in [0.15, 0.2) is 54.6 Å². The van der Waals surface area contributed by atoms with Crippen molar-refractivity contribution in [2.45, 2.75) is 6.17 Å². The third-order valence-electron chi connectivity index (χ3n) is 5.56. The van der Waals surface area contributed by atoms with E-state index in [9.17, 15) is 4.79 Å². The number of methoxy groups -OCH3 is 3. The minimum Gasteiger partial charge on any atom is -0.493 e. The molecule has 3 aromatic carbocycles. The summed E-state index contributed by atoms with van der Waals surface area (Å²) in [6.07, 6.45) is -0.536. The zero-order valence-electron chi connectivity index (χ0n) is 17.9. The number of rotatable bonds is 5. The summed E-state index contributed by atoms with van der Waals surface area (Å²) < 4.78 is 27.5. The number of nitrogens with zero attached hydrogens (tertiary/aromatic N) is 1. The number of amides is 1. The lowest BCUT2D eigenvalue weighted by Crippen LogP contribution is -2.43. The third kappa shape index (κ3) is 3.11. The lowest BCUT2D eigenvalue weighted by Gasteiger charge is -2.38. The number of fused-ring (bicyclic) bond motifs is 2. The predicted octanol–water partition coefficient (Wildman–Crippen LogP) is 4.21. The molecule has 0 fully saturated rings. The Hall–Kier alpha value is -4.07. The Morgan fingerprint density at radius 1 is 0.906 bits per heavy atom. The minimum absolute atomic E-state index is 0.142. The summed E-state index contributed by atoms with van der Waals surface area (Å²) in [6, 6.07) is 16.5. The first-order valence-corrected chi connectivity index (χ1v) is 10.0. The van der Waals surface area contributed by atoms with E-state index in [1.807, 2.05) is 36.4 Å². The van der Waals surface area contributed by atoms with Gasteiger partial charge in [0.15, 0.2) is 23.0 Å². The number of ether oxygens (including phenoxy) is 5. The minimum atomic E-state index is -0.536. The van der Waals surface area contributed by atoms with Gasteiger partial charge in [0, 0.05) is 17.3 Å². The second-order valence-electron chi connectivity index (χ2n) is 7.26. The Bertz CT molecular complexity index is 1170. The second kappa shape index (κ2) is 7.88. The molecule has 8 nitrogen and oxygen atoms in total. The summed E-state index contributed by atoms with van der Waals surface area (Å²) in [7, 11) is 4.68. The SMILES string of the molecule is COc1cc([C@H]2Nc3ccccc3C(=O)N2c2ccc3c(c2)OCO3)cc(OC)c1OC. The van der Waals surface area contributed by atoms with Gasteiger partial charge in [-0.15, -0.1) is 0 Å². The molecule has 0 spiro atoms. The molecule has 0 radical (unpaired) electrons. The van der Waals surface area contributed by atoms with E-state index in [1.165, 1.54) is 0 Å². The number of para-hydroxylation sites is 1. The Morgan fingerprint density at radius 2 is 1.62 bits per heavy atom. The van der Waals surface area contributed by atoms with E-state index in [4.69, 9.17) is 23.7 Å². The fourth-order valence-corrected chi connectivity index (χ4v) is 4.05. The summed E-state index contributed by atoms with van der Waals surface area (Å²) >= 11 is 0. The topological polar surface area (TPSA) is 78.5 Å². The number of hydrogen-bond donors (Lipinski definition) is 1. The summed E-state index contributed by atoms with van der Waals surface area (Å²) in [5.74, 6) is 2.59. The average Bonchev–Trinajstić information content (AvgIpc) is 3.31. The van der Waals surface area contributed by atoms with Gasteiger partial charge in [0.05, 0.1) is 32.6 Å². The van der Waals surface area contributed by atoms with Crippen LogP contribution in [0.2, 0.25) is 0 Å². The molecule has 0 unspecified atom stereocenters. The summed E-state index contributed by atoms with van der Waals surface area (Å²) in [5.41, 5.74) is 2.75. The molecule has 2 aliphatic heterocycles. The maximum absolute atomic E-state index is 13.7. The highest BCUT2D eigenvalue weighted by Crippen LogP contribution is 2.45. The van der Waals surface area contributed by atoms with Crippen molar-refractivity contribution in [3.63, 3.8) is 0 Å². The fourth-order valence-electron chi connectivity index (χ4n) is 4.05. The first kappa shape index (κ1) is 19.9. The van der Waals surface area contributed by atoms with E-state index in [0.717, 1.165) is 11.3 Å². The first-order chi connectivity index (χ1) is 15.6. The van der Waals surface area contributed by atoms with Gasteiger partial charge in [-0.1, -0.05) is 12.1 Å². The van der Waals surface area contributed by atoms with Gasteiger partial charge in [-0.25, -0.2) is 0 Å². The van der Waals surface area contributed by atoms with Crippen LogP contribution >= 0.6 is 0 Å². The highest BCUT2D eigenvalue weighted by atomic mass is 16.7. The zero-order valence-corrected chi connectivity index (χ0v) is 17.9. The van der Waals surface area contributed by atoms with Crippen molar-refractivity contribution in [3.05, 3.63) is 65.7 Å². The average molecular weight is 434 g/mol. The maximum Gasteiger partial charge on any atom is 0.262 e. The monoisotopic (exact) mass is 434 g/mol. The van der Waals surface area contributed by atoms with Crippen molar-refractivity contribution in [1.82, 2.24) is 0 Å². The summed E-state index contributed by atoms with van der Waals surface area (Å²) in [5, 5.41) is 3.48. The lowest BCUT2D eigenvalue weighted by atomic mass is 10.0. The van der Waals surface area contributed by atoms with Crippen LogP contribution in [-0.2, 0) is 0 Å². The summed E-state index contributed by atoms with van der Waals surface area (Å²) in [4.78, 5) is 15.3. The van der Waals surface area contributed by atoms with Gasteiger partial charge in [-0.05, 0) is 36.4 Å². The van der Waals surface area contributed by atoms with E-state index in [0.29, 0.717) is 40.0 Å². The molecule has 0 aromatic heterocycles. The molecule has 0 saturated carbocycles. The van der Waals surface area contributed by atoms with Gasteiger partial charge in [-0.3, -0.25) is 9.69 Å². The van der Waals surface area contributed by atoms with E-state index in [2.05, 4.69) is 5.32 Å². The van der Waals surface area contributed by atoms with Crippen molar-refractivity contribution in [1.29, 1.82) is 0 Å².